The number of hydrogen-bond donors (Lipinski definition) is 2. The number of methoxy groups -OCH3 is 1. The molecule has 1 unspecified atom stereocenters. The minimum atomic E-state index is -0.890. The highest BCUT2D eigenvalue weighted by Crippen LogP contribution is 2.17. The molecule has 6 heteroatoms. The van der Waals surface area contributed by atoms with Crippen molar-refractivity contribution in [2.45, 2.75) is 20.0 Å². The van der Waals surface area contributed by atoms with Crippen LogP contribution in [-0.2, 0) is 14.3 Å². The van der Waals surface area contributed by atoms with Crippen molar-refractivity contribution in [3.8, 4) is 0 Å². The van der Waals surface area contributed by atoms with Gasteiger partial charge in [0.25, 0.3) is 5.91 Å². The molecule has 1 atom stereocenters. The summed E-state index contributed by atoms with van der Waals surface area (Å²) in [7, 11) is 1.54. The molecule has 0 aliphatic heterocycles. The summed E-state index contributed by atoms with van der Waals surface area (Å²) < 4.78 is 9.91. The van der Waals surface area contributed by atoms with Crippen LogP contribution in [0.25, 0.3) is 0 Å². The van der Waals surface area contributed by atoms with E-state index in [1.807, 2.05) is 0 Å². The van der Waals surface area contributed by atoms with Crippen LogP contribution in [0.4, 0.5) is 5.69 Å². The van der Waals surface area contributed by atoms with Crippen LogP contribution in [0.15, 0.2) is 18.2 Å². The number of carbonyl (C=O) groups excluding carboxylic acids is 2. The third-order valence-electron chi connectivity index (χ3n) is 2.80. The number of hydrogen-bond acceptors (Lipinski definition) is 5. The van der Waals surface area contributed by atoms with Gasteiger partial charge in [-0.3, -0.25) is 4.79 Å². The maximum atomic E-state index is 12.0. The molecule has 0 aliphatic carbocycles. The fraction of sp³-hybridized carbons (Fsp3) is 0.429. The van der Waals surface area contributed by atoms with Crippen molar-refractivity contribution in [1.82, 2.24) is 5.32 Å². The molecule has 3 N–H and O–H groups in total. The number of anilines is 1. The summed E-state index contributed by atoms with van der Waals surface area (Å²) in [6.45, 7) is 4.07. The molecular formula is C14H20N2O4. The van der Waals surface area contributed by atoms with Crippen LogP contribution < -0.4 is 11.1 Å². The molecule has 6 nitrogen and oxygen atoms in total. The quantitative estimate of drug-likeness (QED) is 0.459. The Kier molecular flexibility index (Phi) is 5.99. The zero-order valence-corrected chi connectivity index (χ0v) is 11.9. The molecule has 0 saturated heterocycles. The van der Waals surface area contributed by atoms with Crippen LogP contribution in [-0.4, -0.2) is 38.2 Å². The highest BCUT2D eigenvalue weighted by Gasteiger charge is 2.20. The summed E-state index contributed by atoms with van der Waals surface area (Å²) in [6, 6.07) is 5.08. The summed E-state index contributed by atoms with van der Waals surface area (Å²) in [6.07, 6.45) is -0.890. The Morgan fingerprint density at radius 2 is 2.10 bits per heavy atom. The average Bonchev–Trinajstić information content (AvgIpc) is 2.41. The number of esters is 1. The molecule has 1 aromatic carbocycles. The van der Waals surface area contributed by atoms with E-state index in [4.69, 9.17) is 15.2 Å². The smallest absolute Gasteiger partial charge is 0.341 e. The maximum Gasteiger partial charge on any atom is 0.341 e. The van der Waals surface area contributed by atoms with Crippen molar-refractivity contribution in [3.05, 3.63) is 29.3 Å². The lowest BCUT2D eigenvalue weighted by Crippen LogP contribution is -2.37. The Bertz CT molecular complexity index is 488. The van der Waals surface area contributed by atoms with E-state index >= 15 is 0 Å². The molecule has 1 amide bonds. The molecule has 0 aliphatic rings. The van der Waals surface area contributed by atoms with Crippen molar-refractivity contribution in [1.29, 1.82) is 0 Å². The van der Waals surface area contributed by atoms with E-state index in [0.717, 1.165) is 5.56 Å². The normalized spacial score (nSPS) is 11.8. The maximum absolute atomic E-state index is 12.0. The summed E-state index contributed by atoms with van der Waals surface area (Å²) in [5, 5.41) is 2.59. The lowest BCUT2D eigenvalue weighted by molar-refractivity contribution is -0.129. The van der Waals surface area contributed by atoms with Gasteiger partial charge in [0.05, 0.1) is 12.2 Å². The van der Waals surface area contributed by atoms with Gasteiger partial charge in [0.2, 0.25) is 0 Å². The van der Waals surface area contributed by atoms with Gasteiger partial charge in [-0.05, 0) is 25.5 Å². The average molecular weight is 280 g/mol. The van der Waals surface area contributed by atoms with Crippen LogP contribution >= 0.6 is 0 Å². The van der Waals surface area contributed by atoms with Crippen molar-refractivity contribution >= 4 is 17.6 Å². The molecule has 0 fully saturated rings. The van der Waals surface area contributed by atoms with Gasteiger partial charge in [0, 0.05) is 19.3 Å². The first kappa shape index (κ1) is 16.0. The number of nitrogen functional groups attached to an aromatic ring is 1. The second-order valence-corrected chi connectivity index (χ2v) is 4.37. The van der Waals surface area contributed by atoms with Gasteiger partial charge < -0.3 is 20.5 Å². The molecule has 0 bridgehead atoms. The molecule has 1 aromatic rings. The molecule has 0 spiro atoms. The van der Waals surface area contributed by atoms with Gasteiger partial charge in [-0.1, -0.05) is 12.1 Å². The van der Waals surface area contributed by atoms with Crippen LogP contribution in [0.1, 0.15) is 22.8 Å². The van der Waals surface area contributed by atoms with Gasteiger partial charge in [-0.25, -0.2) is 4.79 Å². The number of amides is 1. The molecule has 20 heavy (non-hydrogen) atoms. The highest BCUT2D eigenvalue weighted by atomic mass is 16.5. The first-order valence-electron chi connectivity index (χ1n) is 6.30. The van der Waals surface area contributed by atoms with Gasteiger partial charge >= 0.3 is 5.97 Å². The van der Waals surface area contributed by atoms with E-state index in [9.17, 15) is 9.59 Å². The third kappa shape index (κ3) is 4.24. The number of nitrogens with two attached hydrogens (primary N) is 1. The Labute approximate surface area is 118 Å². The number of carbonyl (C=O) groups is 2. The van der Waals surface area contributed by atoms with Crippen molar-refractivity contribution in [2.24, 2.45) is 0 Å². The molecule has 1 rings (SSSR count). The molecule has 0 saturated carbocycles. The van der Waals surface area contributed by atoms with E-state index in [-0.39, 0.29) is 11.5 Å². The molecule has 0 radical (unpaired) electrons. The Morgan fingerprint density at radius 1 is 1.40 bits per heavy atom. The largest absolute Gasteiger partial charge is 0.449 e. The zero-order chi connectivity index (χ0) is 15.1. The van der Waals surface area contributed by atoms with E-state index in [0.29, 0.717) is 18.8 Å². The third-order valence-corrected chi connectivity index (χ3v) is 2.80. The topological polar surface area (TPSA) is 90.6 Å². The van der Waals surface area contributed by atoms with E-state index < -0.39 is 12.1 Å². The van der Waals surface area contributed by atoms with Crippen molar-refractivity contribution in [2.75, 3.05) is 26.0 Å². The van der Waals surface area contributed by atoms with Crippen molar-refractivity contribution in [3.63, 3.8) is 0 Å². The first-order chi connectivity index (χ1) is 9.47. The first-order valence-corrected chi connectivity index (χ1v) is 6.30. The Morgan fingerprint density at radius 3 is 2.75 bits per heavy atom. The number of benzene rings is 1. The fourth-order valence-corrected chi connectivity index (χ4v) is 1.56. The number of para-hydroxylation sites is 1. The second-order valence-electron chi connectivity index (χ2n) is 4.37. The van der Waals surface area contributed by atoms with Crippen LogP contribution in [0.2, 0.25) is 0 Å². The van der Waals surface area contributed by atoms with Crippen LogP contribution in [0, 0.1) is 6.92 Å². The van der Waals surface area contributed by atoms with E-state index in [1.54, 1.807) is 25.1 Å². The monoisotopic (exact) mass is 280 g/mol. The van der Waals surface area contributed by atoms with E-state index in [2.05, 4.69) is 5.32 Å². The summed E-state index contributed by atoms with van der Waals surface area (Å²) in [5.41, 5.74) is 7.23. The standard InChI is InChI=1S/C14H20N2O4/c1-9-5-4-6-11(12(9)15)14(18)20-10(2)13(17)16-7-8-19-3/h4-6,10H,7-8,15H2,1-3H3,(H,16,17). The minimum absolute atomic E-state index is 0.265. The van der Waals surface area contributed by atoms with Crippen molar-refractivity contribution < 1.29 is 19.1 Å². The fourth-order valence-electron chi connectivity index (χ4n) is 1.56. The Balaban J connectivity index is 2.61. The SMILES string of the molecule is COCCNC(=O)C(C)OC(=O)c1cccc(C)c1N. The van der Waals surface area contributed by atoms with E-state index in [1.165, 1.54) is 14.0 Å². The van der Waals surface area contributed by atoms with Gasteiger partial charge in [-0.2, -0.15) is 0 Å². The number of nitrogens with one attached hydrogen (secondary N) is 1. The minimum Gasteiger partial charge on any atom is -0.449 e. The zero-order valence-electron chi connectivity index (χ0n) is 11.9. The summed E-state index contributed by atoms with van der Waals surface area (Å²) in [5.74, 6) is -0.984. The lowest BCUT2D eigenvalue weighted by atomic mass is 10.1. The predicted molar refractivity (Wildman–Crippen MR) is 75.4 cm³/mol. The van der Waals surface area contributed by atoms with Gasteiger partial charge in [0.15, 0.2) is 6.10 Å². The molecular weight excluding hydrogens is 260 g/mol. The molecule has 0 heterocycles. The van der Waals surface area contributed by atoms with Crippen LogP contribution in [0.3, 0.4) is 0 Å². The number of ether oxygens (including phenoxy) is 2. The van der Waals surface area contributed by atoms with Gasteiger partial charge in [-0.15, -0.1) is 0 Å². The number of rotatable bonds is 6. The highest BCUT2D eigenvalue weighted by molar-refractivity contribution is 5.97. The number of aryl methyl sites for hydroxylation is 1. The lowest BCUT2D eigenvalue weighted by Gasteiger charge is -2.14. The van der Waals surface area contributed by atoms with Gasteiger partial charge in [0.1, 0.15) is 0 Å². The van der Waals surface area contributed by atoms with Crippen LogP contribution in [0.5, 0.6) is 0 Å². The molecule has 110 valence electrons. The predicted octanol–water partition coefficient (Wildman–Crippen LogP) is 0.885. The second kappa shape index (κ2) is 7.49. The Hall–Kier alpha value is -2.08. The molecule has 0 aromatic heterocycles. The summed E-state index contributed by atoms with van der Waals surface area (Å²) in [4.78, 5) is 23.6. The summed E-state index contributed by atoms with van der Waals surface area (Å²) >= 11 is 0.